The van der Waals surface area contributed by atoms with Gasteiger partial charge in [-0.05, 0) is 45.2 Å². The topological polar surface area (TPSA) is 71.2 Å². The summed E-state index contributed by atoms with van der Waals surface area (Å²) in [6.07, 6.45) is 6.52. The van der Waals surface area contributed by atoms with Crippen molar-refractivity contribution < 1.29 is 4.42 Å². The van der Waals surface area contributed by atoms with Gasteiger partial charge in [-0.15, -0.1) is 10.2 Å². The highest BCUT2D eigenvalue weighted by atomic mass is 16.4. The lowest BCUT2D eigenvalue weighted by atomic mass is 10.0. The molecule has 1 aliphatic carbocycles. The zero-order valence-corrected chi connectivity index (χ0v) is 14.4. The lowest BCUT2D eigenvalue weighted by Crippen LogP contribution is -2.46. The van der Waals surface area contributed by atoms with Crippen LogP contribution in [0.4, 0.5) is 5.95 Å². The Hall–Kier alpha value is -2.02. The number of likely N-dealkylation sites (N-methyl/N-ethyl adjacent to an activating group) is 1. The van der Waals surface area contributed by atoms with Gasteiger partial charge in [0.1, 0.15) is 0 Å². The van der Waals surface area contributed by atoms with E-state index in [-0.39, 0.29) is 0 Å². The van der Waals surface area contributed by atoms with Gasteiger partial charge >= 0.3 is 0 Å². The van der Waals surface area contributed by atoms with Crippen LogP contribution in [-0.4, -0.2) is 51.2 Å². The van der Waals surface area contributed by atoms with Crippen LogP contribution in [0, 0.1) is 6.92 Å². The molecule has 1 saturated carbocycles. The molecule has 128 valence electrons. The Morgan fingerprint density at radius 1 is 1.29 bits per heavy atom. The van der Waals surface area contributed by atoms with E-state index in [2.05, 4.69) is 37.0 Å². The molecule has 0 N–H and O–H groups in total. The van der Waals surface area contributed by atoms with Gasteiger partial charge in [-0.3, -0.25) is 4.90 Å². The first-order chi connectivity index (χ1) is 11.7. The van der Waals surface area contributed by atoms with Crippen LogP contribution in [0.25, 0.3) is 0 Å². The second-order valence-corrected chi connectivity index (χ2v) is 6.95. The maximum Gasteiger partial charge on any atom is 0.230 e. The summed E-state index contributed by atoms with van der Waals surface area (Å²) in [6.45, 7) is 4.77. The number of hydrogen-bond acceptors (Lipinski definition) is 7. The van der Waals surface area contributed by atoms with Crippen molar-refractivity contribution in [3.63, 3.8) is 0 Å². The Kier molecular flexibility index (Phi) is 4.18. The van der Waals surface area contributed by atoms with Gasteiger partial charge in [-0.1, -0.05) is 0 Å². The summed E-state index contributed by atoms with van der Waals surface area (Å²) in [5.41, 5.74) is 0.998. The molecule has 4 rings (SSSR count). The molecule has 0 radical (unpaired) electrons. The molecule has 1 aliphatic heterocycles. The van der Waals surface area contributed by atoms with E-state index in [9.17, 15) is 0 Å². The Bertz CT molecular complexity index is 698. The highest BCUT2D eigenvalue weighted by Gasteiger charge is 2.30. The molecule has 1 saturated heterocycles. The monoisotopic (exact) mass is 328 g/mol. The molecule has 7 nitrogen and oxygen atoms in total. The lowest BCUT2D eigenvalue weighted by Gasteiger charge is -2.37. The third kappa shape index (κ3) is 3.40. The summed E-state index contributed by atoms with van der Waals surface area (Å²) >= 11 is 0. The summed E-state index contributed by atoms with van der Waals surface area (Å²) < 4.78 is 5.80. The number of aromatic nitrogens is 4. The smallest absolute Gasteiger partial charge is 0.230 e. The fourth-order valence-corrected chi connectivity index (χ4v) is 3.28. The second-order valence-electron chi connectivity index (χ2n) is 6.95. The summed E-state index contributed by atoms with van der Waals surface area (Å²) in [5.74, 6) is 2.89. The molecule has 2 aliphatic rings. The molecular formula is C17H24N6O. The van der Waals surface area contributed by atoms with Crippen molar-refractivity contribution >= 4 is 5.95 Å². The standard InChI is InChI=1S/C17H24N6O/c1-12-7-8-18-17(19-12)22(2)14-4-3-9-23(10-14)11-15-20-21-16(24-15)13-5-6-13/h7-8,13-14H,3-6,9-11H2,1-2H3. The molecule has 2 aromatic heterocycles. The second kappa shape index (κ2) is 6.47. The Balaban J connectivity index is 1.39. The van der Waals surface area contributed by atoms with Gasteiger partial charge in [-0.2, -0.15) is 0 Å². The Morgan fingerprint density at radius 3 is 2.96 bits per heavy atom. The average Bonchev–Trinajstić information content (AvgIpc) is 3.34. The number of hydrogen-bond donors (Lipinski definition) is 0. The van der Waals surface area contributed by atoms with Gasteiger partial charge in [0, 0.05) is 37.4 Å². The highest BCUT2D eigenvalue weighted by Crippen LogP contribution is 2.39. The number of aryl methyl sites for hydroxylation is 1. The van der Waals surface area contributed by atoms with Crippen molar-refractivity contribution in [2.24, 2.45) is 0 Å². The normalized spacial score (nSPS) is 21.8. The van der Waals surface area contributed by atoms with Crippen LogP contribution in [0.5, 0.6) is 0 Å². The van der Waals surface area contributed by atoms with E-state index in [1.807, 2.05) is 19.2 Å². The maximum absolute atomic E-state index is 5.80. The SMILES string of the molecule is Cc1ccnc(N(C)C2CCCN(Cc3nnc(C4CC4)o3)C2)n1. The maximum atomic E-state index is 5.80. The summed E-state index contributed by atoms with van der Waals surface area (Å²) in [4.78, 5) is 13.5. The van der Waals surface area contributed by atoms with Gasteiger partial charge < -0.3 is 9.32 Å². The third-order valence-electron chi connectivity index (χ3n) is 4.89. The minimum absolute atomic E-state index is 0.409. The molecular weight excluding hydrogens is 304 g/mol. The van der Waals surface area contributed by atoms with Gasteiger partial charge in [0.05, 0.1) is 6.54 Å². The molecule has 24 heavy (non-hydrogen) atoms. The molecule has 0 amide bonds. The molecule has 1 atom stereocenters. The van der Waals surface area contributed by atoms with E-state index in [0.29, 0.717) is 12.0 Å². The zero-order valence-electron chi connectivity index (χ0n) is 14.4. The van der Waals surface area contributed by atoms with E-state index >= 15 is 0 Å². The molecule has 1 unspecified atom stereocenters. The van der Waals surface area contributed by atoms with Gasteiger partial charge in [0.15, 0.2) is 0 Å². The Labute approximate surface area is 142 Å². The third-order valence-corrected chi connectivity index (χ3v) is 4.89. The van der Waals surface area contributed by atoms with Crippen LogP contribution in [0.1, 0.15) is 49.1 Å². The first-order valence-electron chi connectivity index (χ1n) is 8.76. The molecule has 0 spiro atoms. The van der Waals surface area contributed by atoms with Gasteiger partial charge in [-0.25, -0.2) is 9.97 Å². The lowest BCUT2D eigenvalue weighted by molar-refractivity contribution is 0.181. The quantitative estimate of drug-likeness (QED) is 0.832. The van der Waals surface area contributed by atoms with Crippen molar-refractivity contribution in [2.45, 2.75) is 51.1 Å². The zero-order chi connectivity index (χ0) is 16.5. The van der Waals surface area contributed by atoms with Crippen LogP contribution in [-0.2, 0) is 6.54 Å². The molecule has 2 aromatic rings. The number of likely N-dealkylation sites (tertiary alicyclic amines) is 1. The van der Waals surface area contributed by atoms with Gasteiger partial charge in [0.25, 0.3) is 0 Å². The first kappa shape index (κ1) is 15.5. The average molecular weight is 328 g/mol. The minimum Gasteiger partial charge on any atom is -0.424 e. The summed E-state index contributed by atoms with van der Waals surface area (Å²) in [7, 11) is 2.08. The van der Waals surface area contributed by atoms with E-state index in [1.54, 1.807) is 0 Å². The number of piperidine rings is 1. The molecule has 3 heterocycles. The van der Waals surface area contributed by atoms with E-state index < -0.39 is 0 Å². The predicted octanol–water partition coefficient (Wildman–Crippen LogP) is 2.15. The first-order valence-corrected chi connectivity index (χ1v) is 8.76. The molecule has 0 bridgehead atoms. The molecule has 2 fully saturated rings. The van der Waals surface area contributed by atoms with Crippen LogP contribution in [0.15, 0.2) is 16.7 Å². The minimum atomic E-state index is 0.409. The summed E-state index contributed by atoms with van der Waals surface area (Å²) in [6, 6.07) is 2.34. The predicted molar refractivity (Wildman–Crippen MR) is 89.7 cm³/mol. The van der Waals surface area contributed by atoms with E-state index in [4.69, 9.17) is 4.42 Å². The highest BCUT2D eigenvalue weighted by molar-refractivity contribution is 5.30. The van der Waals surface area contributed by atoms with Crippen molar-refractivity contribution in [3.8, 4) is 0 Å². The number of rotatable bonds is 5. The van der Waals surface area contributed by atoms with Crippen LogP contribution >= 0.6 is 0 Å². The van der Waals surface area contributed by atoms with Crippen molar-refractivity contribution in [1.29, 1.82) is 0 Å². The fourth-order valence-electron chi connectivity index (χ4n) is 3.28. The molecule has 0 aromatic carbocycles. The Morgan fingerprint density at radius 2 is 2.17 bits per heavy atom. The largest absolute Gasteiger partial charge is 0.424 e. The number of nitrogens with zero attached hydrogens (tertiary/aromatic N) is 6. The van der Waals surface area contributed by atoms with Crippen LogP contribution in [0.2, 0.25) is 0 Å². The van der Waals surface area contributed by atoms with Crippen LogP contribution < -0.4 is 4.90 Å². The van der Waals surface area contributed by atoms with Gasteiger partial charge in [0.2, 0.25) is 17.7 Å². The van der Waals surface area contributed by atoms with E-state index in [1.165, 1.54) is 12.8 Å². The fraction of sp³-hybridized carbons (Fsp3) is 0.647. The van der Waals surface area contributed by atoms with Crippen molar-refractivity contribution in [2.75, 3.05) is 25.0 Å². The number of anilines is 1. The van der Waals surface area contributed by atoms with Crippen LogP contribution in [0.3, 0.4) is 0 Å². The van der Waals surface area contributed by atoms with E-state index in [0.717, 1.165) is 55.9 Å². The molecule has 7 heteroatoms. The van der Waals surface area contributed by atoms with Crippen molar-refractivity contribution in [3.05, 3.63) is 29.7 Å². The summed E-state index contributed by atoms with van der Waals surface area (Å²) in [5, 5.41) is 8.40. The van der Waals surface area contributed by atoms with Crippen molar-refractivity contribution in [1.82, 2.24) is 25.1 Å².